The van der Waals surface area contributed by atoms with Gasteiger partial charge in [0.2, 0.25) is 0 Å². The lowest BCUT2D eigenvalue weighted by molar-refractivity contribution is 0.224. The van der Waals surface area contributed by atoms with E-state index in [2.05, 4.69) is 15.6 Å². The molecule has 1 atom stereocenters. The number of hydrogen-bond donors (Lipinski definition) is 3. The average molecular weight is 305 g/mol. The van der Waals surface area contributed by atoms with Crippen LogP contribution >= 0.6 is 11.3 Å². The van der Waals surface area contributed by atoms with Crippen LogP contribution in [0.25, 0.3) is 0 Å². The topological polar surface area (TPSA) is 74.2 Å². The van der Waals surface area contributed by atoms with Crippen LogP contribution in [0.1, 0.15) is 17.4 Å². The first kappa shape index (κ1) is 15.5. The predicted octanol–water partition coefficient (Wildman–Crippen LogP) is 2.43. The Bertz CT molecular complexity index is 571. The minimum absolute atomic E-state index is 0.111. The Balaban J connectivity index is 1.87. The van der Waals surface area contributed by atoms with Crippen LogP contribution < -0.4 is 10.6 Å². The molecule has 0 fully saturated rings. The van der Waals surface area contributed by atoms with Gasteiger partial charge in [-0.3, -0.25) is 5.32 Å². The Morgan fingerprint density at radius 1 is 1.38 bits per heavy atom. The fraction of sp³-hybridized carbons (Fsp3) is 0.333. The number of carbonyl (C=O) groups is 1. The molecule has 0 saturated heterocycles. The van der Waals surface area contributed by atoms with E-state index in [1.165, 1.54) is 11.3 Å². The number of anilines is 1. The molecule has 0 spiro atoms. The van der Waals surface area contributed by atoms with E-state index in [1.54, 1.807) is 6.20 Å². The molecule has 1 heterocycles. The highest BCUT2D eigenvalue weighted by atomic mass is 32.1. The van der Waals surface area contributed by atoms with Gasteiger partial charge in [0, 0.05) is 11.1 Å². The van der Waals surface area contributed by atoms with Crippen molar-refractivity contribution in [2.45, 2.75) is 25.8 Å². The van der Waals surface area contributed by atoms with Crippen LogP contribution in [0.3, 0.4) is 0 Å². The summed E-state index contributed by atoms with van der Waals surface area (Å²) in [6, 6.07) is 9.08. The van der Waals surface area contributed by atoms with Crippen molar-refractivity contribution in [1.82, 2.24) is 10.3 Å². The Kier molecular flexibility index (Phi) is 5.71. The number of rotatable bonds is 6. The predicted molar refractivity (Wildman–Crippen MR) is 84.7 cm³/mol. The number of nitrogens with zero attached hydrogens (tertiary/aromatic N) is 1. The zero-order chi connectivity index (χ0) is 15.1. The molecule has 112 valence electrons. The smallest absolute Gasteiger partial charge is 0.321 e. The van der Waals surface area contributed by atoms with E-state index in [-0.39, 0.29) is 18.7 Å². The maximum absolute atomic E-state index is 11.9. The number of aryl methyl sites for hydroxylation is 1. The van der Waals surface area contributed by atoms with E-state index in [1.807, 2.05) is 37.3 Å². The van der Waals surface area contributed by atoms with Crippen LogP contribution in [-0.2, 0) is 12.8 Å². The largest absolute Gasteiger partial charge is 0.394 e. The number of benzene rings is 1. The summed E-state index contributed by atoms with van der Waals surface area (Å²) >= 11 is 1.45. The van der Waals surface area contributed by atoms with Crippen molar-refractivity contribution in [3.8, 4) is 0 Å². The zero-order valence-electron chi connectivity index (χ0n) is 11.9. The fourth-order valence-electron chi connectivity index (χ4n) is 1.91. The maximum atomic E-state index is 11.9. The normalized spacial score (nSPS) is 11.9. The summed E-state index contributed by atoms with van der Waals surface area (Å²) in [4.78, 5) is 17.1. The van der Waals surface area contributed by atoms with Crippen LogP contribution in [-0.4, -0.2) is 28.8 Å². The number of hydrogen-bond acceptors (Lipinski definition) is 4. The summed E-state index contributed by atoms with van der Waals surface area (Å²) in [6.45, 7) is 1.93. The van der Waals surface area contributed by atoms with E-state index < -0.39 is 0 Å². The second-order valence-electron chi connectivity index (χ2n) is 4.65. The lowest BCUT2D eigenvalue weighted by Crippen LogP contribution is -2.41. The van der Waals surface area contributed by atoms with E-state index in [0.717, 1.165) is 16.9 Å². The Morgan fingerprint density at radius 2 is 2.14 bits per heavy atom. The highest BCUT2D eigenvalue weighted by Gasteiger charge is 2.13. The minimum Gasteiger partial charge on any atom is -0.394 e. The third-order valence-corrected chi connectivity index (χ3v) is 4.06. The van der Waals surface area contributed by atoms with Gasteiger partial charge in [-0.15, -0.1) is 11.3 Å². The van der Waals surface area contributed by atoms with Crippen molar-refractivity contribution >= 4 is 22.5 Å². The van der Waals surface area contributed by atoms with E-state index in [9.17, 15) is 9.90 Å². The molecule has 2 aromatic rings. The fourth-order valence-corrected chi connectivity index (χ4v) is 2.65. The van der Waals surface area contributed by atoms with Crippen molar-refractivity contribution in [2.75, 3.05) is 11.9 Å². The molecule has 0 aliphatic heterocycles. The van der Waals surface area contributed by atoms with Gasteiger partial charge in [0.15, 0.2) is 5.13 Å². The molecule has 0 saturated carbocycles. The van der Waals surface area contributed by atoms with Crippen molar-refractivity contribution in [1.29, 1.82) is 0 Å². The van der Waals surface area contributed by atoms with Crippen molar-refractivity contribution < 1.29 is 9.90 Å². The lowest BCUT2D eigenvalue weighted by atomic mass is 10.1. The quantitative estimate of drug-likeness (QED) is 0.767. The van der Waals surface area contributed by atoms with Crippen molar-refractivity contribution in [2.24, 2.45) is 0 Å². The number of carbonyl (C=O) groups excluding carboxylic acids is 1. The number of aliphatic hydroxyl groups is 1. The lowest BCUT2D eigenvalue weighted by Gasteiger charge is -2.16. The molecule has 0 radical (unpaired) electrons. The van der Waals surface area contributed by atoms with Gasteiger partial charge in [0.05, 0.1) is 12.6 Å². The van der Waals surface area contributed by atoms with Crippen LogP contribution in [0.5, 0.6) is 0 Å². The zero-order valence-corrected chi connectivity index (χ0v) is 12.7. The molecule has 1 aromatic heterocycles. The van der Waals surface area contributed by atoms with Crippen LogP contribution in [0.2, 0.25) is 0 Å². The molecule has 21 heavy (non-hydrogen) atoms. The highest BCUT2D eigenvalue weighted by molar-refractivity contribution is 7.15. The van der Waals surface area contributed by atoms with E-state index in [4.69, 9.17) is 0 Å². The number of thiazole rings is 1. The molecule has 0 aliphatic carbocycles. The summed E-state index contributed by atoms with van der Waals surface area (Å²) in [7, 11) is 0. The minimum atomic E-state index is -0.345. The standard InChI is InChI=1S/C15H19N3O2S/c1-2-13-9-16-15(21-13)18-14(20)17-12(10-19)8-11-6-4-3-5-7-11/h3-7,9,12,19H,2,8,10H2,1H3,(H2,16,17,18,20)/t12-/m1/s1. The van der Waals surface area contributed by atoms with Gasteiger partial charge in [0.1, 0.15) is 0 Å². The van der Waals surface area contributed by atoms with Gasteiger partial charge in [-0.25, -0.2) is 9.78 Å². The SMILES string of the molecule is CCc1cnc(NC(=O)N[C@@H](CO)Cc2ccccc2)s1. The molecule has 0 unspecified atom stereocenters. The number of aliphatic hydroxyl groups excluding tert-OH is 1. The van der Waals surface area contributed by atoms with Gasteiger partial charge < -0.3 is 10.4 Å². The second-order valence-corrected chi connectivity index (χ2v) is 5.77. The number of aromatic nitrogens is 1. The van der Waals surface area contributed by atoms with Crippen LogP contribution in [0, 0.1) is 0 Å². The summed E-state index contributed by atoms with van der Waals surface area (Å²) in [6.07, 6.45) is 3.24. The summed E-state index contributed by atoms with van der Waals surface area (Å²) in [5.74, 6) is 0. The van der Waals surface area contributed by atoms with Gasteiger partial charge in [-0.2, -0.15) is 0 Å². The molecule has 2 rings (SSSR count). The summed E-state index contributed by atoms with van der Waals surface area (Å²) in [5, 5.41) is 15.4. The molecule has 5 nitrogen and oxygen atoms in total. The molecular weight excluding hydrogens is 286 g/mol. The first-order valence-electron chi connectivity index (χ1n) is 6.88. The molecule has 0 bridgehead atoms. The van der Waals surface area contributed by atoms with Crippen molar-refractivity contribution in [3.05, 3.63) is 47.0 Å². The Hall–Kier alpha value is -1.92. The first-order chi connectivity index (χ1) is 10.2. The van der Waals surface area contributed by atoms with E-state index >= 15 is 0 Å². The second kappa shape index (κ2) is 7.75. The number of nitrogens with one attached hydrogen (secondary N) is 2. The van der Waals surface area contributed by atoms with Crippen LogP contribution in [0.4, 0.5) is 9.93 Å². The summed E-state index contributed by atoms with van der Waals surface area (Å²) in [5.41, 5.74) is 1.07. The first-order valence-corrected chi connectivity index (χ1v) is 7.70. The molecular formula is C15H19N3O2S. The van der Waals surface area contributed by atoms with E-state index in [0.29, 0.717) is 11.6 Å². The number of urea groups is 1. The van der Waals surface area contributed by atoms with Gasteiger partial charge in [-0.05, 0) is 18.4 Å². The van der Waals surface area contributed by atoms with Crippen molar-refractivity contribution in [3.63, 3.8) is 0 Å². The van der Waals surface area contributed by atoms with Gasteiger partial charge >= 0.3 is 6.03 Å². The molecule has 6 heteroatoms. The molecule has 0 aliphatic rings. The third kappa shape index (κ3) is 4.84. The molecule has 3 N–H and O–H groups in total. The Labute approximate surface area is 128 Å². The third-order valence-electron chi connectivity index (χ3n) is 3.00. The van der Waals surface area contributed by atoms with Gasteiger partial charge in [-0.1, -0.05) is 37.3 Å². The number of amides is 2. The molecule has 2 amide bonds. The van der Waals surface area contributed by atoms with Crippen LogP contribution in [0.15, 0.2) is 36.5 Å². The molecule has 1 aromatic carbocycles. The average Bonchev–Trinajstić information content (AvgIpc) is 2.95. The maximum Gasteiger partial charge on any atom is 0.321 e. The highest BCUT2D eigenvalue weighted by Crippen LogP contribution is 2.18. The summed E-state index contributed by atoms with van der Waals surface area (Å²) < 4.78 is 0. The monoisotopic (exact) mass is 305 g/mol. The van der Waals surface area contributed by atoms with Gasteiger partial charge in [0.25, 0.3) is 0 Å². The Morgan fingerprint density at radius 3 is 2.76 bits per heavy atom.